The molecule has 0 aliphatic heterocycles. The second-order valence-corrected chi connectivity index (χ2v) is 7.56. The van der Waals surface area contributed by atoms with E-state index < -0.39 is 10.0 Å². The summed E-state index contributed by atoms with van der Waals surface area (Å²) in [5, 5.41) is 9.37. The van der Waals surface area contributed by atoms with Crippen LogP contribution in [0.2, 0.25) is 0 Å². The van der Waals surface area contributed by atoms with E-state index in [9.17, 15) is 13.5 Å². The van der Waals surface area contributed by atoms with E-state index in [0.29, 0.717) is 17.7 Å². The lowest BCUT2D eigenvalue weighted by atomic mass is 9.77. The van der Waals surface area contributed by atoms with E-state index in [2.05, 4.69) is 4.72 Å². The molecule has 0 bridgehead atoms. The highest BCUT2D eigenvalue weighted by Gasteiger charge is 2.35. The zero-order valence-electron chi connectivity index (χ0n) is 12.3. The highest BCUT2D eigenvalue weighted by atomic mass is 32.2. The summed E-state index contributed by atoms with van der Waals surface area (Å²) in [6.45, 7) is 5.76. The maximum atomic E-state index is 12.5. The average molecular weight is 297 g/mol. The Labute approximate surface area is 121 Å². The monoisotopic (exact) mass is 297 g/mol. The third-order valence-electron chi connectivity index (χ3n) is 3.97. The van der Waals surface area contributed by atoms with Crippen molar-refractivity contribution in [1.82, 2.24) is 4.72 Å². The van der Waals surface area contributed by atoms with Gasteiger partial charge in [-0.2, -0.15) is 0 Å². The van der Waals surface area contributed by atoms with Gasteiger partial charge in [-0.3, -0.25) is 0 Å². The quantitative estimate of drug-likeness (QED) is 0.875. The molecule has 0 radical (unpaired) electrons. The summed E-state index contributed by atoms with van der Waals surface area (Å²) in [5.41, 5.74) is 1.88. The van der Waals surface area contributed by atoms with Crippen molar-refractivity contribution in [2.75, 3.05) is 0 Å². The van der Waals surface area contributed by atoms with Crippen LogP contribution < -0.4 is 4.72 Å². The van der Waals surface area contributed by atoms with Gasteiger partial charge in [0.15, 0.2) is 0 Å². The van der Waals surface area contributed by atoms with Crippen LogP contribution in [0.25, 0.3) is 0 Å². The van der Waals surface area contributed by atoms with Gasteiger partial charge < -0.3 is 5.11 Å². The summed E-state index contributed by atoms with van der Waals surface area (Å²) in [5.74, 6) is 0.246. The molecule has 0 spiro atoms. The highest BCUT2D eigenvalue weighted by Crippen LogP contribution is 2.32. The van der Waals surface area contributed by atoms with Gasteiger partial charge in [-0.15, -0.1) is 0 Å². The fourth-order valence-corrected chi connectivity index (χ4v) is 4.40. The minimum Gasteiger partial charge on any atom is -0.393 e. The van der Waals surface area contributed by atoms with E-state index in [1.807, 2.05) is 26.8 Å². The molecule has 1 atom stereocenters. The second-order valence-electron chi connectivity index (χ2n) is 5.84. The highest BCUT2D eigenvalue weighted by molar-refractivity contribution is 7.89. The van der Waals surface area contributed by atoms with Crippen molar-refractivity contribution in [2.45, 2.75) is 57.1 Å². The Hall–Kier alpha value is -0.910. The lowest BCUT2D eigenvalue weighted by molar-refractivity contribution is 0.0277. The van der Waals surface area contributed by atoms with Crippen LogP contribution in [0.4, 0.5) is 0 Å². The molecule has 1 aromatic rings. The largest absolute Gasteiger partial charge is 0.393 e. The van der Waals surface area contributed by atoms with Crippen LogP contribution in [0.15, 0.2) is 23.1 Å². The summed E-state index contributed by atoms with van der Waals surface area (Å²) < 4.78 is 27.7. The number of hydrogen-bond acceptors (Lipinski definition) is 3. The number of aliphatic hydroxyl groups excluding tert-OH is 1. The van der Waals surface area contributed by atoms with E-state index in [0.717, 1.165) is 17.5 Å². The zero-order chi connectivity index (χ0) is 14.9. The third-order valence-corrected chi connectivity index (χ3v) is 5.44. The van der Waals surface area contributed by atoms with Crippen LogP contribution in [-0.2, 0) is 10.0 Å². The van der Waals surface area contributed by atoms with E-state index in [1.54, 1.807) is 12.1 Å². The average Bonchev–Trinajstić information content (AvgIpc) is 2.31. The first-order valence-electron chi connectivity index (χ1n) is 7.10. The number of rotatable bonds is 5. The Morgan fingerprint density at radius 1 is 1.25 bits per heavy atom. The van der Waals surface area contributed by atoms with Crippen LogP contribution >= 0.6 is 0 Å². The molecule has 0 heterocycles. The Morgan fingerprint density at radius 3 is 2.25 bits per heavy atom. The van der Waals surface area contributed by atoms with Crippen LogP contribution in [0.1, 0.15) is 37.3 Å². The van der Waals surface area contributed by atoms with Crippen LogP contribution in [0, 0.1) is 19.8 Å². The fraction of sp³-hybridized carbons (Fsp3) is 0.600. The minimum absolute atomic E-state index is 0.0933. The molecule has 1 saturated carbocycles. The maximum Gasteiger partial charge on any atom is 0.240 e. The van der Waals surface area contributed by atoms with Gasteiger partial charge in [0.25, 0.3) is 0 Å². The van der Waals surface area contributed by atoms with Gasteiger partial charge in [0.2, 0.25) is 10.0 Å². The van der Waals surface area contributed by atoms with E-state index in [-0.39, 0.29) is 18.1 Å². The lowest BCUT2D eigenvalue weighted by Gasteiger charge is -2.37. The van der Waals surface area contributed by atoms with Crippen molar-refractivity contribution < 1.29 is 13.5 Å². The molecular weight excluding hydrogens is 274 g/mol. The molecule has 1 aliphatic carbocycles. The predicted octanol–water partition coefficient (Wildman–Crippen LogP) is 2.13. The van der Waals surface area contributed by atoms with Gasteiger partial charge in [-0.05, 0) is 62.3 Å². The number of aliphatic hydroxyl groups is 1. The predicted molar refractivity (Wildman–Crippen MR) is 79.0 cm³/mol. The van der Waals surface area contributed by atoms with E-state index in [1.165, 1.54) is 0 Å². The second kappa shape index (κ2) is 5.84. The first-order valence-corrected chi connectivity index (χ1v) is 8.59. The summed E-state index contributed by atoms with van der Waals surface area (Å²) in [4.78, 5) is 0.327. The van der Waals surface area contributed by atoms with E-state index >= 15 is 0 Å². The Balaban J connectivity index is 2.17. The van der Waals surface area contributed by atoms with Crippen LogP contribution in [-0.4, -0.2) is 25.7 Å². The molecule has 0 unspecified atom stereocenters. The molecule has 0 amide bonds. The van der Waals surface area contributed by atoms with Crippen molar-refractivity contribution in [3.63, 3.8) is 0 Å². The summed E-state index contributed by atoms with van der Waals surface area (Å²) in [6.07, 6.45) is 1.85. The zero-order valence-corrected chi connectivity index (χ0v) is 13.1. The first-order chi connectivity index (χ1) is 9.31. The maximum absolute atomic E-state index is 12.5. The van der Waals surface area contributed by atoms with Crippen LogP contribution in [0.3, 0.4) is 0 Å². The number of nitrogens with one attached hydrogen (secondary N) is 1. The molecule has 1 aromatic carbocycles. The first kappa shape index (κ1) is 15.5. The standard InChI is InChI=1S/C15H23NO3S/c1-4-15(12-8-13(17)9-12)16-20(18,19)14-6-10(2)5-11(3)7-14/h5-7,12-13,15-17H,4,8-9H2,1-3H3/t12?,13?,15-/m0/s1. The normalized spacial score (nSPS) is 24.2. The van der Waals surface area contributed by atoms with Crippen molar-refractivity contribution in [3.05, 3.63) is 29.3 Å². The lowest BCUT2D eigenvalue weighted by Crippen LogP contribution is -2.46. The van der Waals surface area contributed by atoms with E-state index in [4.69, 9.17) is 0 Å². The van der Waals surface area contributed by atoms with Gasteiger partial charge in [0.05, 0.1) is 11.0 Å². The fourth-order valence-electron chi connectivity index (χ4n) is 2.83. The van der Waals surface area contributed by atoms with Gasteiger partial charge in [-0.1, -0.05) is 13.0 Å². The molecule has 0 aromatic heterocycles. The molecule has 20 heavy (non-hydrogen) atoms. The molecule has 0 saturated heterocycles. The molecule has 112 valence electrons. The molecule has 5 heteroatoms. The number of sulfonamides is 1. The third kappa shape index (κ3) is 3.40. The number of hydrogen-bond donors (Lipinski definition) is 2. The molecule has 2 N–H and O–H groups in total. The van der Waals surface area contributed by atoms with Crippen molar-refractivity contribution in [3.8, 4) is 0 Å². The SMILES string of the molecule is CC[C@H](NS(=O)(=O)c1cc(C)cc(C)c1)C1CC(O)C1. The molecule has 1 fully saturated rings. The molecule has 1 aliphatic rings. The van der Waals surface area contributed by atoms with Gasteiger partial charge in [0, 0.05) is 6.04 Å². The number of aryl methyl sites for hydroxylation is 2. The van der Waals surface area contributed by atoms with Crippen LogP contribution in [0.5, 0.6) is 0 Å². The van der Waals surface area contributed by atoms with Gasteiger partial charge in [-0.25, -0.2) is 13.1 Å². The minimum atomic E-state index is -3.49. The summed E-state index contributed by atoms with van der Waals surface area (Å²) in [7, 11) is -3.49. The molecule has 4 nitrogen and oxygen atoms in total. The van der Waals surface area contributed by atoms with Gasteiger partial charge >= 0.3 is 0 Å². The molecule has 2 rings (SSSR count). The Bertz CT molecular complexity index is 557. The Kier molecular flexibility index (Phi) is 4.52. The van der Waals surface area contributed by atoms with Crippen molar-refractivity contribution in [1.29, 1.82) is 0 Å². The molecular formula is C15H23NO3S. The summed E-state index contributed by atoms with van der Waals surface area (Å²) in [6, 6.07) is 5.25. The van der Waals surface area contributed by atoms with Crippen molar-refractivity contribution in [2.24, 2.45) is 5.92 Å². The smallest absolute Gasteiger partial charge is 0.240 e. The number of benzene rings is 1. The van der Waals surface area contributed by atoms with Crippen molar-refractivity contribution >= 4 is 10.0 Å². The van der Waals surface area contributed by atoms with Gasteiger partial charge in [0.1, 0.15) is 0 Å². The summed E-state index contributed by atoms with van der Waals surface area (Å²) >= 11 is 0. The topological polar surface area (TPSA) is 66.4 Å². The Morgan fingerprint density at radius 2 is 1.80 bits per heavy atom.